The molecule has 0 unspecified atom stereocenters. The summed E-state index contributed by atoms with van der Waals surface area (Å²) in [5, 5.41) is 2.81. The number of nitrogens with zero attached hydrogens (tertiary/aromatic N) is 3. The topological polar surface area (TPSA) is 90.0 Å². The van der Waals surface area contributed by atoms with E-state index in [0.29, 0.717) is 50.4 Å². The molecule has 176 valence electrons. The smallest absolute Gasteiger partial charge is 0.255 e. The van der Waals surface area contributed by atoms with Crippen LogP contribution in [0.25, 0.3) is 0 Å². The quantitative estimate of drug-likeness (QED) is 0.671. The zero-order chi connectivity index (χ0) is 23.4. The molecule has 2 aliphatic rings. The van der Waals surface area contributed by atoms with Gasteiger partial charge in [-0.05, 0) is 48.9 Å². The average molecular weight is 471 g/mol. The van der Waals surface area contributed by atoms with Crippen molar-refractivity contribution in [3.8, 4) is 0 Å². The molecule has 2 aliphatic heterocycles. The van der Waals surface area contributed by atoms with Gasteiger partial charge in [0, 0.05) is 56.9 Å². The van der Waals surface area contributed by atoms with E-state index in [1.807, 2.05) is 6.07 Å². The van der Waals surface area contributed by atoms with E-state index >= 15 is 0 Å². The fraction of sp³-hybridized carbons (Fsp3) is 0.417. The molecule has 0 radical (unpaired) electrons. The maximum atomic E-state index is 13.1. The Bertz CT molecular complexity index is 1130. The first-order valence-corrected chi connectivity index (χ1v) is 12.8. The molecule has 0 atom stereocenters. The molecule has 0 bridgehead atoms. The molecule has 1 N–H and O–H groups in total. The minimum Gasteiger partial charge on any atom is -0.338 e. The third-order valence-corrected chi connectivity index (χ3v) is 8.14. The molecule has 8 nitrogen and oxygen atoms in total. The summed E-state index contributed by atoms with van der Waals surface area (Å²) in [6.45, 7) is 6.54. The van der Waals surface area contributed by atoms with Gasteiger partial charge < -0.3 is 15.1 Å². The number of carbonyl (C=O) groups is 2. The first-order chi connectivity index (χ1) is 15.9. The second kappa shape index (κ2) is 10.0. The number of likely N-dealkylation sites (N-methyl/N-ethyl adjacent to an activating group) is 1. The summed E-state index contributed by atoms with van der Waals surface area (Å²) >= 11 is 0. The van der Waals surface area contributed by atoms with Crippen LogP contribution in [0.1, 0.15) is 35.7 Å². The molecule has 2 aromatic carbocycles. The van der Waals surface area contributed by atoms with Crippen LogP contribution in [0.15, 0.2) is 53.4 Å². The lowest BCUT2D eigenvalue weighted by molar-refractivity contribution is -0.128. The summed E-state index contributed by atoms with van der Waals surface area (Å²) in [7, 11) is -3.62. The van der Waals surface area contributed by atoms with Crippen LogP contribution in [-0.4, -0.2) is 73.6 Å². The van der Waals surface area contributed by atoms with Crippen molar-refractivity contribution in [3.05, 3.63) is 59.7 Å². The molecular weight excluding hydrogens is 440 g/mol. The predicted molar refractivity (Wildman–Crippen MR) is 126 cm³/mol. The van der Waals surface area contributed by atoms with Gasteiger partial charge in [0.05, 0.1) is 4.90 Å². The summed E-state index contributed by atoms with van der Waals surface area (Å²) < 4.78 is 27.7. The summed E-state index contributed by atoms with van der Waals surface area (Å²) in [5.41, 5.74) is 1.77. The lowest BCUT2D eigenvalue weighted by Gasteiger charge is -2.33. The Labute approximate surface area is 195 Å². The van der Waals surface area contributed by atoms with Gasteiger partial charge in [0.15, 0.2) is 0 Å². The Hall–Kier alpha value is -2.75. The highest BCUT2D eigenvalue weighted by molar-refractivity contribution is 7.89. The van der Waals surface area contributed by atoms with Gasteiger partial charge in [-0.15, -0.1) is 0 Å². The Morgan fingerprint density at radius 1 is 1.00 bits per heavy atom. The number of piperazine rings is 1. The lowest BCUT2D eigenvalue weighted by atomic mass is 10.1. The van der Waals surface area contributed by atoms with Crippen LogP contribution in [0.3, 0.4) is 0 Å². The van der Waals surface area contributed by atoms with Crippen LogP contribution in [0.4, 0.5) is 5.69 Å². The molecule has 2 aromatic rings. The predicted octanol–water partition coefficient (Wildman–Crippen LogP) is 2.39. The number of sulfonamides is 1. The van der Waals surface area contributed by atoms with E-state index in [9.17, 15) is 18.0 Å². The Morgan fingerprint density at radius 2 is 1.76 bits per heavy atom. The van der Waals surface area contributed by atoms with E-state index in [1.165, 1.54) is 10.4 Å². The van der Waals surface area contributed by atoms with Gasteiger partial charge in [-0.25, -0.2) is 8.42 Å². The monoisotopic (exact) mass is 470 g/mol. The Kier molecular flexibility index (Phi) is 7.11. The van der Waals surface area contributed by atoms with Gasteiger partial charge in [0.2, 0.25) is 15.9 Å². The molecule has 2 fully saturated rings. The van der Waals surface area contributed by atoms with Gasteiger partial charge >= 0.3 is 0 Å². The second-order valence-electron chi connectivity index (χ2n) is 8.44. The molecular formula is C24H30N4O4S. The summed E-state index contributed by atoms with van der Waals surface area (Å²) in [5.74, 6) is -0.185. The zero-order valence-corrected chi connectivity index (χ0v) is 19.7. The standard InChI is InChI=1S/C24H30N4O4S/c1-2-26-12-14-28(15-13-26)33(31,32)22-9-4-8-21(17-22)25-24(30)20-7-3-6-19(16-20)18-27-11-5-10-23(27)29/h3-4,6-9,16-17H,2,5,10-15,18H2,1H3,(H,25,30). The molecule has 4 rings (SSSR count). The van der Waals surface area contributed by atoms with Gasteiger partial charge in [-0.3, -0.25) is 9.59 Å². The number of carbonyl (C=O) groups excluding carboxylic acids is 2. The number of amides is 2. The largest absolute Gasteiger partial charge is 0.338 e. The summed E-state index contributed by atoms with van der Waals surface area (Å²) in [6, 6.07) is 13.6. The molecule has 33 heavy (non-hydrogen) atoms. The second-order valence-corrected chi connectivity index (χ2v) is 10.4. The first kappa shape index (κ1) is 23.4. The number of hydrogen-bond acceptors (Lipinski definition) is 5. The van der Waals surface area contributed by atoms with Gasteiger partial charge in [-0.1, -0.05) is 25.1 Å². The minimum absolute atomic E-state index is 0.138. The number of anilines is 1. The van der Waals surface area contributed by atoms with Crippen molar-refractivity contribution in [1.29, 1.82) is 0 Å². The van der Waals surface area contributed by atoms with Crippen molar-refractivity contribution in [2.75, 3.05) is 44.6 Å². The number of rotatable bonds is 7. The van der Waals surface area contributed by atoms with Crippen LogP contribution in [0, 0.1) is 0 Å². The number of benzene rings is 2. The third-order valence-electron chi connectivity index (χ3n) is 6.24. The van der Waals surface area contributed by atoms with Crippen LogP contribution in [0.2, 0.25) is 0 Å². The van der Waals surface area contributed by atoms with Crippen molar-refractivity contribution in [3.63, 3.8) is 0 Å². The maximum absolute atomic E-state index is 13.1. The van der Waals surface area contributed by atoms with Crippen LogP contribution >= 0.6 is 0 Å². The van der Waals surface area contributed by atoms with Gasteiger partial charge in [0.25, 0.3) is 5.91 Å². The normalized spacial score (nSPS) is 18.0. The third kappa shape index (κ3) is 5.43. The highest BCUT2D eigenvalue weighted by Crippen LogP contribution is 2.22. The highest BCUT2D eigenvalue weighted by atomic mass is 32.2. The van der Waals surface area contributed by atoms with E-state index < -0.39 is 10.0 Å². The van der Waals surface area contributed by atoms with Crippen LogP contribution < -0.4 is 5.32 Å². The van der Waals surface area contributed by atoms with Crippen LogP contribution in [-0.2, 0) is 21.4 Å². The molecule has 0 spiro atoms. The van der Waals surface area contributed by atoms with Crippen molar-refractivity contribution in [2.24, 2.45) is 0 Å². The van der Waals surface area contributed by atoms with E-state index in [4.69, 9.17) is 0 Å². The molecule has 2 heterocycles. The van der Waals surface area contributed by atoms with Gasteiger partial charge in [-0.2, -0.15) is 4.31 Å². The van der Waals surface area contributed by atoms with Crippen molar-refractivity contribution < 1.29 is 18.0 Å². The fourth-order valence-corrected chi connectivity index (χ4v) is 5.74. The molecule has 0 saturated carbocycles. The fourth-order valence-electron chi connectivity index (χ4n) is 4.28. The zero-order valence-electron chi connectivity index (χ0n) is 18.9. The number of hydrogen-bond donors (Lipinski definition) is 1. The maximum Gasteiger partial charge on any atom is 0.255 e. The summed E-state index contributed by atoms with van der Waals surface area (Å²) in [4.78, 5) is 28.9. The van der Waals surface area contributed by atoms with E-state index in [0.717, 1.165) is 25.1 Å². The average Bonchev–Trinajstić information content (AvgIpc) is 3.23. The van der Waals surface area contributed by atoms with Gasteiger partial charge in [0.1, 0.15) is 0 Å². The highest BCUT2D eigenvalue weighted by Gasteiger charge is 2.28. The molecule has 2 saturated heterocycles. The number of nitrogens with one attached hydrogen (secondary N) is 1. The van der Waals surface area contributed by atoms with E-state index in [2.05, 4.69) is 17.1 Å². The Balaban J connectivity index is 1.44. The van der Waals surface area contributed by atoms with E-state index in [1.54, 1.807) is 41.3 Å². The molecule has 9 heteroatoms. The minimum atomic E-state index is -3.62. The molecule has 0 aliphatic carbocycles. The van der Waals surface area contributed by atoms with Crippen molar-refractivity contribution in [1.82, 2.24) is 14.1 Å². The summed E-state index contributed by atoms with van der Waals surface area (Å²) in [6.07, 6.45) is 1.44. The molecule has 0 aromatic heterocycles. The van der Waals surface area contributed by atoms with E-state index in [-0.39, 0.29) is 16.7 Å². The SMILES string of the molecule is CCN1CCN(S(=O)(=O)c2cccc(NC(=O)c3cccc(CN4CCCC4=O)c3)c2)CC1. The van der Waals surface area contributed by atoms with Crippen molar-refractivity contribution >= 4 is 27.5 Å². The Morgan fingerprint density at radius 3 is 2.45 bits per heavy atom. The van der Waals surface area contributed by atoms with Crippen molar-refractivity contribution in [2.45, 2.75) is 31.2 Å². The first-order valence-electron chi connectivity index (χ1n) is 11.4. The lowest BCUT2D eigenvalue weighted by Crippen LogP contribution is -2.48. The molecule has 2 amide bonds. The number of likely N-dealkylation sites (tertiary alicyclic amines) is 1. The van der Waals surface area contributed by atoms with Crippen LogP contribution in [0.5, 0.6) is 0 Å².